The van der Waals surface area contributed by atoms with Gasteiger partial charge in [0.05, 0.1) is 18.4 Å². The van der Waals surface area contributed by atoms with Crippen LogP contribution in [0, 0.1) is 5.41 Å². The van der Waals surface area contributed by atoms with Crippen LogP contribution in [0.5, 0.6) is 0 Å². The molecule has 0 bridgehead atoms. The largest absolute Gasteiger partial charge is 1.00 e. The SMILES string of the molecule is CCCCCCCCCCCCCCCCCC(=O)OCC1(CO)COC(=O)CC(S(=O)(=O)[O-])C(=O)OC1.[K+]. The van der Waals surface area contributed by atoms with Crippen LogP contribution in [0.4, 0.5) is 0 Å². The normalized spacial score (nSPS) is 20.1. The van der Waals surface area contributed by atoms with E-state index in [0.717, 1.165) is 19.3 Å². The number of carbonyl (C=O) groups is 3. The first-order valence-corrected chi connectivity index (χ1v) is 15.6. The van der Waals surface area contributed by atoms with Gasteiger partial charge in [-0.15, -0.1) is 0 Å². The quantitative estimate of drug-likeness (QED) is 0.0706. The van der Waals surface area contributed by atoms with Gasteiger partial charge in [0.25, 0.3) is 0 Å². The standard InChI is InChI=1S/C27H48O10S.K/c1-2-3-4-5-6-7-8-9-10-11-12-13-14-15-16-17-24(29)35-20-27(19-28)21-36-25(30)18-23(38(32,33)34)26(31)37-22-27;/h23,28H,2-22H2,1H3,(H,32,33,34);/q;+1/p-1. The van der Waals surface area contributed by atoms with Crippen molar-refractivity contribution in [3.63, 3.8) is 0 Å². The van der Waals surface area contributed by atoms with E-state index in [-0.39, 0.29) is 57.8 Å². The second kappa shape index (κ2) is 22.5. The third-order valence-corrected chi connectivity index (χ3v) is 7.94. The van der Waals surface area contributed by atoms with Crippen molar-refractivity contribution in [2.45, 2.75) is 121 Å². The Morgan fingerprint density at radius 3 is 1.82 bits per heavy atom. The van der Waals surface area contributed by atoms with E-state index in [9.17, 15) is 32.5 Å². The predicted octanol–water partition coefficient (Wildman–Crippen LogP) is 1.18. The van der Waals surface area contributed by atoms with Crippen LogP contribution in [-0.4, -0.2) is 67.7 Å². The van der Waals surface area contributed by atoms with Crippen LogP contribution in [0.2, 0.25) is 0 Å². The van der Waals surface area contributed by atoms with E-state index in [1.165, 1.54) is 70.6 Å². The number of esters is 3. The van der Waals surface area contributed by atoms with Gasteiger partial charge in [-0.1, -0.05) is 96.8 Å². The number of unbranched alkanes of at least 4 members (excludes halogenated alkanes) is 14. The van der Waals surface area contributed by atoms with Crippen molar-refractivity contribution in [2.24, 2.45) is 5.41 Å². The molecule has 0 amide bonds. The summed E-state index contributed by atoms with van der Waals surface area (Å²) in [7, 11) is -5.14. The molecule has 2 unspecified atom stereocenters. The monoisotopic (exact) mass is 602 g/mol. The molecule has 0 saturated carbocycles. The molecule has 1 saturated heterocycles. The smallest absolute Gasteiger partial charge is 0.747 e. The van der Waals surface area contributed by atoms with Gasteiger partial charge in [-0.2, -0.15) is 0 Å². The summed E-state index contributed by atoms with van der Waals surface area (Å²) in [6.07, 6.45) is 17.4. The number of rotatable bonds is 20. The molecule has 1 aliphatic rings. The van der Waals surface area contributed by atoms with Crippen LogP contribution < -0.4 is 51.4 Å². The van der Waals surface area contributed by atoms with E-state index in [1.807, 2.05) is 0 Å². The van der Waals surface area contributed by atoms with Crippen LogP contribution in [0.15, 0.2) is 0 Å². The molecule has 0 spiro atoms. The molecule has 0 aromatic rings. The third-order valence-electron chi connectivity index (χ3n) is 6.88. The molecule has 1 rings (SSSR count). The molecule has 0 aliphatic carbocycles. The first-order valence-electron chi connectivity index (χ1n) is 14.2. The summed E-state index contributed by atoms with van der Waals surface area (Å²) in [6, 6.07) is 0. The predicted molar refractivity (Wildman–Crippen MR) is 140 cm³/mol. The molecule has 0 aromatic carbocycles. The van der Waals surface area contributed by atoms with E-state index in [4.69, 9.17) is 14.2 Å². The average Bonchev–Trinajstić information content (AvgIpc) is 2.94. The van der Waals surface area contributed by atoms with Crippen molar-refractivity contribution in [3.8, 4) is 0 Å². The van der Waals surface area contributed by atoms with Crippen LogP contribution >= 0.6 is 0 Å². The molecule has 39 heavy (non-hydrogen) atoms. The fourth-order valence-corrected chi connectivity index (χ4v) is 4.92. The number of cyclic esters (lactones) is 2. The molecule has 1 aliphatic heterocycles. The molecule has 12 heteroatoms. The Bertz CT molecular complexity index is 804. The van der Waals surface area contributed by atoms with Crippen LogP contribution in [0.3, 0.4) is 0 Å². The van der Waals surface area contributed by atoms with E-state index in [0.29, 0.717) is 6.42 Å². The summed E-state index contributed by atoms with van der Waals surface area (Å²) < 4.78 is 48.8. The maximum absolute atomic E-state index is 12.2. The summed E-state index contributed by atoms with van der Waals surface area (Å²) in [5, 5.41) is 7.60. The number of hydrogen-bond acceptors (Lipinski definition) is 10. The number of ether oxygens (including phenoxy) is 3. The molecular weight excluding hydrogens is 555 g/mol. The summed E-state index contributed by atoms with van der Waals surface area (Å²) in [5.41, 5.74) is -1.45. The Kier molecular flexibility index (Phi) is 22.5. The minimum Gasteiger partial charge on any atom is -0.747 e. The Morgan fingerprint density at radius 1 is 0.897 bits per heavy atom. The maximum Gasteiger partial charge on any atom is 1.00 e. The zero-order valence-electron chi connectivity index (χ0n) is 24.0. The third kappa shape index (κ3) is 18.1. The molecular formula is C27H47KO10S. The van der Waals surface area contributed by atoms with Crippen molar-refractivity contribution in [3.05, 3.63) is 0 Å². The maximum atomic E-state index is 12.2. The van der Waals surface area contributed by atoms with Crippen molar-refractivity contribution in [1.29, 1.82) is 0 Å². The number of carbonyl (C=O) groups excluding carboxylic acids is 3. The Labute approximate surface area is 276 Å². The average molecular weight is 603 g/mol. The molecule has 2 atom stereocenters. The second-order valence-corrected chi connectivity index (χ2v) is 12.0. The number of aliphatic hydroxyl groups excluding tert-OH is 1. The van der Waals surface area contributed by atoms with E-state index in [2.05, 4.69) is 6.92 Å². The van der Waals surface area contributed by atoms with Gasteiger partial charge in [0.15, 0.2) is 5.25 Å². The molecule has 222 valence electrons. The fourth-order valence-electron chi connectivity index (χ4n) is 4.27. The molecule has 0 radical (unpaired) electrons. The van der Waals surface area contributed by atoms with Crippen LogP contribution in [0.25, 0.3) is 0 Å². The van der Waals surface area contributed by atoms with Crippen molar-refractivity contribution >= 4 is 28.0 Å². The van der Waals surface area contributed by atoms with Gasteiger partial charge in [0, 0.05) is 6.42 Å². The number of aliphatic hydroxyl groups is 1. The Morgan fingerprint density at radius 2 is 1.36 bits per heavy atom. The number of hydrogen-bond donors (Lipinski definition) is 1. The summed E-state index contributed by atoms with van der Waals surface area (Å²) in [6.45, 7) is 0.147. The van der Waals surface area contributed by atoms with Crippen molar-refractivity contribution < 1.29 is 98.1 Å². The van der Waals surface area contributed by atoms with E-state index >= 15 is 0 Å². The van der Waals surface area contributed by atoms with Gasteiger partial charge >= 0.3 is 69.3 Å². The van der Waals surface area contributed by atoms with Gasteiger partial charge in [0.1, 0.15) is 29.9 Å². The first kappa shape index (κ1) is 38.9. The zero-order valence-corrected chi connectivity index (χ0v) is 27.9. The van der Waals surface area contributed by atoms with Crippen molar-refractivity contribution in [2.75, 3.05) is 26.4 Å². The summed E-state index contributed by atoms with van der Waals surface area (Å²) in [5.74, 6) is -3.00. The summed E-state index contributed by atoms with van der Waals surface area (Å²) >= 11 is 0. The van der Waals surface area contributed by atoms with Gasteiger partial charge in [-0.3, -0.25) is 14.4 Å². The summed E-state index contributed by atoms with van der Waals surface area (Å²) in [4.78, 5) is 36.1. The Hall–Kier alpha value is -0.0836. The van der Waals surface area contributed by atoms with E-state index in [1.54, 1.807) is 0 Å². The van der Waals surface area contributed by atoms with Crippen LogP contribution in [0.1, 0.15) is 116 Å². The first-order chi connectivity index (χ1) is 18.1. The molecule has 10 nitrogen and oxygen atoms in total. The second-order valence-electron chi connectivity index (χ2n) is 10.5. The van der Waals surface area contributed by atoms with Gasteiger partial charge in [-0.25, -0.2) is 8.42 Å². The molecule has 0 aromatic heterocycles. The topological polar surface area (TPSA) is 156 Å². The minimum atomic E-state index is -5.14. The molecule has 1 heterocycles. The fraction of sp³-hybridized carbons (Fsp3) is 0.889. The Balaban J connectivity index is 0.0000144. The minimum absolute atomic E-state index is 0. The molecule has 1 fully saturated rings. The van der Waals surface area contributed by atoms with Crippen molar-refractivity contribution in [1.82, 2.24) is 0 Å². The van der Waals surface area contributed by atoms with Gasteiger partial charge < -0.3 is 23.9 Å². The van der Waals surface area contributed by atoms with Gasteiger partial charge in [0.2, 0.25) is 0 Å². The van der Waals surface area contributed by atoms with Gasteiger partial charge in [-0.05, 0) is 6.42 Å². The van der Waals surface area contributed by atoms with Crippen LogP contribution in [-0.2, 0) is 38.7 Å². The zero-order chi connectivity index (χ0) is 28.3. The molecule has 1 N–H and O–H groups in total. The van der Waals surface area contributed by atoms with E-state index < -0.39 is 71.5 Å².